The van der Waals surface area contributed by atoms with Gasteiger partial charge in [0.15, 0.2) is 10.8 Å². The third kappa shape index (κ3) is 2.92. The van der Waals surface area contributed by atoms with Crippen LogP contribution in [0.15, 0.2) is 34.3 Å². The van der Waals surface area contributed by atoms with Gasteiger partial charge >= 0.3 is 0 Å². The molecule has 0 saturated carbocycles. The molecule has 2 N–H and O–H groups in total. The van der Waals surface area contributed by atoms with Crippen molar-refractivity contribution in [3.63, 3.8) is 0 Å². The van der Waals surface area contributed by atoms with Gasteiger partial charge in [0.25, 0.3) is 5.56 Å². The molecule has 0 radical (unpaired) electrons. The summed E-state index contributed by atoms with van der Waals surface area (Å²) in [4.78, 5) is 30.8. The Labute approximate surface area is 142 Å². The molecule has 0 aliphatic carbocycles. The number of hydrogen-bond acceptors (Lipinski definition) is 5. The van der Waals surface area contributed by atoms with Crippen LogP contribution in [0.2, 0.25) is 0 Å². The number of aryl methyl sites for hydroxylation is 1. The van der Waals surface area contributed by atoms with Gasteiger partial charge in [0.1, 0.15) is 5.39 Å². The predicted molar refractivity (Wildman–Crippen MR) is 93.8 cm³/mol. The highest BCUT2D eigenvalue weighted by atomic mass is 32.2. The molecule has 3 rings (SSSR count). The number of thioether (sulfide) groups is 1. The van der Waals surface area contributed by atoms with Crippen molar-refractivity contribution in [2.24, 2.45) is 0 Å². The van der Waals surface area contributed by atoms with Crippen molar-refractivity contribution in [1.82, 2.24) is 25.1 Å². The normalized spacial score (nSPS) is 11.0. The zero-order valence-electron chi connectivity index (χ0n) is 13.6. The van der Waals surface area contributed by atoms with Crippen LogP contribution in [0.3, 0.4) is 0 Å². The van der Waals surface area contributed by atoms with Crippen molar-refractivity contribution in [3.05, 3.63) is 45.9 Å². The first-order valence-corrected chi connectivity index (χ1v) is 8.38. The molecule has 0 aliphatic heterocycles. The molecule has 2 aromatic heterocycles. The summed E-state index contributed by atoms with van der Waals surface area (Å²) >= 11 is 1.18. The van der Waals surface area contributed by atoms with Gasteiger partial charge in [-0.3, -0.25) is 9.59 Å². The van der Waals surface area contributed by atoms with Crippen LogP contribution in [0.4, 0.5) is 0 Å². The van der Waals surface area contributed by atoms with E-state index in [0.29, 0.717) is 16.2 Å². The Kier molecular flexibility index (Phi) is 4.39. The maximum atomic E-state index is 12.2. The van der Waals surface area contributed by atoms with E-state index in [1.165, 1.54) is 18.0 Å². The quantitative estimate of drug-likeness (QED) is 0.554. The fraction of sp³-hybridized carbons (Fsp3) is 0.250. The lowest BCUT2D eigenvalue weighted by Crippen LogP contribution is -2.20. The second-order valence-corrected chi connectivity index (χ2v) is 6.31. The second-order valence-electron chi connectivity index (χ2n) is 5.35. The summed E-state index contributed by atoms with van der Waals surface area (Å²) in [5.41, 5.74) is 3.30. The maximum Gasteiger partial charge on any atom is 0.262 e. The smallest absolute Gasteiger partial charge is 0.262 e. The molecular formula is C16H17N5O2S. The van der Waals surface area contributed by atoms with Crippen LogP contribution in [0.1, 0.15) is 11.1 Å². The van der Waals surface area contributed by atoms with Crippen LogP contribution in [-0.4, -0.2) is 38.5 Å². The lowest BCUT2D eigenvalue weighted by molar-refractivity contribution is -0.118. The maximum absolute atomic E-state index is 12.2. The van der Waals surface area contributed by atoms with Crippen molar-refractivity contribution in [2.45, 2.75) is 19.0 Å². The lowest BCUT2D eigenvalue weighted by atomic mass is 10.1. The number of hydrogen-bond donors (Lipinski definition) is 2. The molecule has 124 valence electrons. The minimum Gasteiger partial charge on any atom is -0.358 e. The van der Waals surface area contributed by atoms with Crippen LogP contribution >= 0.6 is 11.8 Å². The Hall–Kier alpha value is -2.61. The number of nitrogens with zero attached hydrogens (tertiary/aromatic N) is 3. The molecule has 7 nitrogen and oxygen atoms in total. The number of rotatable bonds is 4. The number of H-pyrrole nitrogens is 1. The van der Waals surface area contributed by atoms with Crippen molar-refractivity contribution in [1.29, 1.82) is 0 Å². The standard InChI is InChI=1S/C16H17N5O2S/c1-9-5-4-6-12(10(9)2)21-14-11(7-18-21)15(23)20-16(19-14)24-8-13(22)17-3/h4-7H,8H2,1-3H3,(H,17,22)(H,19,20,23). The highest BCUT2D eigenvalue weighted by Crippen LogP contribution is 2.21. The van der Waals surface area contributed by atoms with Crippen LogP contribution in [0.25, 0.3) is 16.7 Å². The van der Waals surface area contributed by atoms with E-state index >= 15 is 0 Å². The summed E-state index contributed by atoms with van der Waals surface area (Å²) in [7, 11) is 1.57. The minimum atomic E-state index is -0.268. The zero-order chi connectivity index (χ0) is 17.3. The number of amides is 1. The monoisotopic (exact) mass is 343 g/mol. The van der Waals surface area contributed by atoms with Gasteiger partial charge < -0.3 is 10.3 Å². The number of carbonyl (C=O) groups is 1. The first-order valence-electron chi connectivity index (χ1n) is 7.39. The fourth-order valence-corrected chi connectivity index (χ4v) is 3.04. The highest BCUT2D eigenvalue weighted by Gasteiger charge is 2.14. The molecule has 0 unspecified atom stereocenters. The average molecular weight is 343 g/mol. The third-order valence-electron chi connectivity index (χ3n) is 3.84. The minimum absolute atomic E-state index is 0.134. The summed E-state index contributed by atoms with van der Waals surface area (Å²) in [6.07, 6.45) is 1.51. The Morgan fingerprint density at radius 3 is 2.92 bits per heavy atom. The van der Waals surface area contributed by atoms with E-state index in [2.05, 4.69) is 20.4 Å². The molecule has 2 heterocycles. The Morgan fingerprint density at radius 2 is 2.17 bits per heavy atom. The first-order chi connectivity index (χ1) is 11.5. The van der Waals surface area contributed by atoms with Gasteiger partial charge in [-0.15, -0.1) is 0 Å². The van der Waals surface area contributed by atoms with E-state index in [4.69, 9.17) is 0 Å². The molecule has 1 aromatic carbocycles. The van der Waals surface area contributed by atoms with E-state index in [1.807, 2.05) is 32.0 Å². The fourth-order valence-electron chi connectivity index (χ4n) is 2.31. The van der Waals surface area contributed by atoms with Crippen LogP contribution in [0, 0.1) is 13.8 Å². The van der Waals surface area contributed by atoms with E-state index in [0.717, 1.165) is 16.8 Å². The highest BCUT2D eigenvalue weighted by molar-refractivity contribution is 7.99. The van der Waals surface area contributed by atoms with Crippen LogP contribution in [0.5, 0.6) is 0 Å². The van der Waals surface area contributed by atoms with Gasteiger partial charge in [-0.25, -0.2) is 9.67 Å². The van der Waals surface area contributed by atoms with Gasteiger partial charge in [0.2, 0.25) is 5.91 Å². The first kappa shape index (κ1) is 16.3. The van der Waals surface area contributed by atoms with Crippen molar-refractivity contribution < 1.29 is 4.79 Å². The summed E-state index contributed by atoms with van der Waals surface area (Å²) in [5, 5.41) is 7.67. The van der Waals surface area contributed by atoms with Crippen molar-refractivity contribution in [2.75, 3.05) is 12.8 Å². The molecule has 8 heteroatoms. The molecule has 0 bridgehead atoms. The Morgan fingerprint density at radius 1 is 1.38 bits per heavy atom. The van der Waals surface area contributed by atoms with Crippen LogP contribution < -0.4 is 10.9 Å². The molecule has 24 heavy (non-hydrogen) atoms. The number of aromatic nitrogens is 4. The molecule has 0 atom stereocenters. The van der Waals surface area contributed by atoms with E-state index in [9.17, 15) is 9.59 Å². The zero-order valence-corrected chi connectivity index (χ0v) is 14.4. The van der Waals surface area contributed by atoms with Gasteiger partial charge in [-0.2, -0.15) is 5.10 Å². The topological polar surface area (TPSA) is 92.7 Å². The van der Waals surface area contributed by atoms with E-state index in [-0.39, 0.29) is 17.2 Å². The summed E-state index contributed by atoms with van der Waals surface area (Å²) in [6.45, 7) is 4.03. The Bertz CT molecular complexity index is 976. The summed E-state index contributed by atoms with van der Waals surface area (Å²) < 4.78 is 1.66. The average Bonchev–Trinajstić information content (AvgIpc) is 2.99. The van der Waals surface area contributed by atoms with E-state index < -0.39 is 0 Å². The SMILES string of the molecule is CNC(=O)CSc1nc2c(cnn2-c2cccc(C)c2C)c(=O)[nH]1. The summed E-state index contributed by atoms with van der Waals surface area (Å²) in [5.74, 6) is 0.0496. The number of fused-ring (bicyclic) bond motifs is 1. The predicted octanol–water partition coefficient (Wildman–Crippen LogP) is 1.56. The lowest BCUT2D eigenvalue weighted by Gasteiger charge is -2.09. The molecule has 0 spiro atoms. The molecule has 1 amide bonds. The Balaban J connectivity index is 2.10. The van der Waals surface area contributed by atoms with Gasteiger partial charge in [-0.05, 0) is 31.0 Å². The van der Waals surface area contributed by atoms with Crippen molar-refractivity contribution >= 4 is 28.7 Å². The van der Waals surface area contributed by atoms with E-state index in [1.54, 1.807) is 11.7 Å². The van der Waals surface area contributed by atoms with Gasteiger partial charge in [0, 0.05) is 7.05 Å². The molecular weight excluding hydrogens is 326 g/mol. The largest absolute Gasteiger partial charge is 0.358 e. The third-order valence-corrected chi connectivity index (χ3v) is 4.71. The molecule has 0 aliphatic rings. The molecule has 0 fully saturated rings. The van der Waals surface area contributed by atoms with Gasteiger partial charge in [0.05, 0.1) is 17.6 Å². The molecule has 3 aromatic rings. The summed E-state index contributed by atoms with van der Waals surface area (Å²) in [6, 6.07) is 5.91. The number of nitrogens with one attached hydrogen (secondary N) is 2. The number of aromatic amines is 1. The van der Waals surface area contributed by atoms with Gasteiger partial charge in [-0.1, -0.05) is 23.9 Å². The van der Waals surface area contributed by atoms with Crippen molar-refractivity contribution in [3.8, 4) is 5.69 Å². The molecule has 0 saturated heterocycles. The number of carbonyl (C=O) groups excluding carboxylic acids is 1. The number of benzene rings is 1. The van der Waals surface area contributed by atoms with Crippen LogP contribution in [-0.2, 0) is 4.79 Å². The second kappa shape index (κ2) is 6.48.